The first-order valence-electron chi connectivity index (χ1n) is 6.35. The van der Waals surface area contributed by atoms with E-state index in [0.717, 1.165) is 0 Å². The minimum Gasteiger partial charge on any atom is -0.347 e. The Bertz CT molecular complexity index is 383. The van der Waals surface area contributed by atoms with Gasteiger partial charge in [-0.2, -0.15) is 13.2 Å². The molecule has 1 saturated heterocycles. The molecule has 0 spiro atoms. The van der Waals surface area contributed by atoms with Gasteiger partial charge in [0.1, 0.15) is 0 Å². The van der Waals surface area contributed by atoms with Crippen LogP contribution in [0.1, 0.15) is 20.8 Å². The molecule has 0 aromatic rings. The molecule has 0 unspecified atom stereocenters. The molecule has 8 heteroatoms. The normalized spacial score (nSPS) is 19.8. The molecular weight excluding hydrogens is 275 g/mol. The lowest BCUT2D eigenvalue weighted by Crippen LogP contribution is -2.63. The highest BCUT2D eigenvalue weighted by Gasteiger charge is 2.40. The summed E-state index contributed by atoms with van der Waals surface area (Å²) in [6.07, 6.45) is -4.24. The SMILES string of the molecule is CC(=O)NCC(=O)N1CCN(CC(F)(F)F)CC1(C)C. The van der Waals surface area contributed by atoms with Crippen LogP contribution in [-0.4, -0.2) is 66.1 Å². The van der Waals surface area contributed by atoms with Crippen molar-refractivity contribution in [1.29, 1.82) is 0 Å². The Balaban J connectivity index is 2.61. The standard InChI is InChI=1S/C12H20F3N3O2/c1-9(19)16-6-10(20)18-5-4-17(7-11(18,2)3)8-12(13,14)15/h4-8H2,1-3H3,(H,16,19). The van der Waals surface area contributed by atoms with Gasteiger partial charge in [0.25, 0.3) is 0 Å². The number of hydrogen-bond acceptors (Lipinski definition) is 3. The average molecular weight is 295 g/mol. The molecule has 0 aromatic heterocycles. The number of alkyl halides is 3. The molecule has 1 aliphatic heterocycles. The molecule has 1 N–H and O–H groups in total. The van der Waals surface area contributed by atoms with Gasteiger partial charge in [-0.25, -0.2) is 0 Å². The highest BCUT2D eigenvalue weighted by atomic mass is 19.4. The van der Waals surface area contributed by atoms with Gasteiger partial charge in [-0.3, -0.25) is 14.5 Å². The Morgan fingerprint density at radius 1 is 1.25 bits per heavy atom. The number of carbonyl (C=O) groups is 2. The van der Waals surface area contributed by atoms with Crippen LogP contribution >= 0.6 is 0 Å². The molecule has 0 atom stereocenters. The molecule has 2 amide bonds. The molecule has 20 heavy (non-hydrogen) atoms. The quantitative estimate of drug-likeness (QED) is 0.830. The molecule has 0 radical (unpaired) electrons. The van der Waals surface area contributed by atoms with Crippen LogP contribution in [0.2, 0.25) is 0 Å². The highest BCUT2D eigenvalue weighted by molar-refractivity contribution is 5.84. The van der Waals surface area contributed by atoms with Crippen LogP contribution in [0.15, 0.2) is 0 Å². The van der Waals surface area contributed by atoms with E-state index in [2.05, 4.69) is 5.32 Å². The third-order valence-corrected chi connectivity index (χ3v) is 3.17. The van der Waals surface area contributed by atoms with E-state index in [9.17, 15) is 22.8 Å². The molecule has 1 rings (SSSR count). The van der Waals surface area contributed by atoms with E-state index in [4.69, 9.17) is 0 Å². The largest absolute Gasteiger partial charge is 0.401 e. The molecule has 0 bridgehead atoms. The van der Waals surface area contributed by atoms with Crippen LogP contribution in [0.5, 0.6) is 0 Å². The maximum absolute atomic E-state index is 12.4. The molecule has 1 aliphatic rings. The average Bonchev–Trinajstić information content (AvgIpc) is 2.22. The Morgan fingerprint density at radius 2 is 1.85 bits per heavy atom. The third-order valence-electron chi connectivity index (χ3n) is 3.17. The third kappa shape index (κ3) is 4.99. The molecule has 1 heterocycles. The Hall–Kier alpha value is -1.31. The van der Waals surface area contributed by atoms with Gasteiger partial charge in [-0.1, -0.05) is 0 Å². The van der Waals surface area contributed by atoms with Gasteiger partial charge in [0, 0.05) is 26.6 Å². The van der Waals surface area contributed by atoms with Crippen LogP contribution in [0.25, 0.3) is 0 Å². The highest BCUT2D eigenvalue weighted by Crippen LogP contribution is 2.24. The number of nitrogens with zero attached hydrogens (tertiary/aromatic N) is 2. The van der Waals surface area contributed by atoms with Crippen molar-refractivity contribution >= 4 is 11.8 Å². The van der Waals surface area contributed by atoms with Crippen LogP contribution in [0.3, 0.4) is 0 Å². The van der Waals surface area contributed by atoms with Gasteiger partial charge in [0.2, 0.25) is 11.8 Å². The summed E-state index contributed by atoms with van der Waals surface area (Å²) < 4.78 is 37.2. The summed E-state index contributed by atoms with van der Waals surface area (Å²) in [7, 11) is 0. The van der Waals surface area contributed by atoms with E-state index < -0.39 is 18.3 Å². The fourth-order valence-electron chi connectivity index (χ4n) is 2.40. The van der Waals surface area contributed by atoms with Gasteiger partial charge in [0.15, 0.2) is 0 Å². The van der Waals surface area contributed by atoms with Gasteiger partial charge in [0.05, 0.1) is 18.6 Å². The monoisotopic (exact) mass is 295 g/mol. The number of rotatable bonds is 3. The minimum atomic E-state index is -4.24. The number of nitrogens with one attached hydrogen (secondary N) is 1. The fourth-order valence-corrected chi connectivity index (χ4v) is 2.40. The Kier molecular flexibility index (Phi) is 5.01. The van der Waals surface area contributed by atoms with E-state index in [1.165, 1.54) is 16.7 Å². The van der Waals surface area contributed by atoms with Crippen molar-refractivity contribution in [3.05, 3.63) is 0 Å². The first-order chi connectivity index (χ1) is 9.01. The zero-order valence-corrected chi connectivity index (χ0v) is 11.9. The maximum atomic E-state index is 12.4. The van der Waals surface area contributed by atoms with Crippen LogP contribution < -0.4 is 5.32 Å². The van der Waals surface area contributed by atoms with Crippen molar-refractivity contribution in [2.45, 2.75) is 32.5 Å². The van der Waals surface area contributed by atoms with E-state index in [1.807, 2.05) is 0 Å². The second kappa shape index (κ2) is 5.99. The number of halogens is 3. The van der Waals surface area contributed by atoms with Gasteiger partial charge in [-0.15, -0.1) is 0 Å². The number of amides is 2. The summed E-state index contributed by atoms with van der Waals surface area (Å²) in [6.45, 7) is 4.21. The predicted octanol–water partition coefficient (Wildman–Crippen LogP) is 0.608. The Morgan fingerprint density at radius 3 is 2.30 bits per heavy atom. The number of hydrogen-bond donors (Lipinski definition) is 1. The first-order valence-corrected chi connectivity index (χ1v) is 6.35. The van der Waals surface area contributed by atoms with Gasteiger partial charge >= 0.3 is 6.18 Å². The topological polar surface area (TPSA) is 52.7 Å². The molecule has 0 saturated carbocycles. The van der Waals surface area contributed by atoms with Crippen molar-refractivity contribution in [3.8, 4) is 0 Å². The summed E-state index contributed by atoms with van der Waals surface area (Å²) in [6, 6.07) is 0. The lowest BCUT2D eigenvalue weighted by atomic mass is 9.98. The van der Waals surface area contributed by atoms with Crippen molar-refractivity contribution in [1.82, 2.24) is 15.1 Å². The van der Waals surface area contributed by atoms with Crippen molar-refractivity contribution < 1.29 is 22.8 Å². The molecule has 5 nitrogen and oxygen atoms in total. The van der Waals surface area contributed by atoms with Crippen molar-refractivity contribution in [2.24, 2.45) is 0 Å². The van der Waals surface area contributed by atoms with Crippen LogP contribution in [-0.2, 0) is 9.59 Å². The summed E-state index contributed by atoms with van der Waals surface area (Å²) in [5.74, 6) is -0.594. The van der Waals surface area contributed by atoms with E-state index in [-0.39, 0.29) is 38.0 Å². The lowest BCUT2D eigenvalue weighted by molar-refractivity contribution is -0.160. The second-order valence-electron chi connectivity index (χ2n) is 5.59. The Labute approximate surface area is 116 Å². The van der Waals surface area contributed by atoms with Crippen molar-refractivity contribution in [2.75, 3.05) is 32.7 Å². The maximum Gasteiger partial charge on any atom is 0.401 e. The second-order valence-corrected chi connectivity index (χ2v) is 5.59. The van der Waals surface area contributed by atoms with Crippen LogP contribution in [0, 0.1) is 0 Å². The predicted molar refractivity (Wildman–Crippen MR) is 67.0 cm³/mol. The molecule has 116 valence electrons. The van der Waals surface area contributed by atoms with Gasteiger partial charge in [-0.05, 0) is 13.8 Å². The lowest BCUT2D eigenvalue weighted by Gasteiger charge is -2.47. The molecule has 0 aliphatic carbocycles. The molecule has 0 aromatic carbocycles. The summed E-state index contributed by atoms with van der Waals surface area (Å²) >= 11 is 0. The first kappa shape index (κ1) is 16.7. The summed E-state index contributed by atoms with van der Waals surface area (Å²) in [5.41, 5.74) is -0.695. The molecule has 1 fully saturated rings. The number of carbonyl (C=O) groups excluding carboxylic acids is 2. The molecular formula is C12H20F3N3O2. The summed E-state index contributed by atoms with van der Waals surface area (Å²) in [5, 5.41) is 2.41. The van der Waals surface area contributed by atoms with Crippen LogP contribution in [0.4, 0.5) is 13.2 Å². The van der Waals surface area contributed by atoms with Crippen molar-refractivity contribution in [3.63, 3.8) is 0 Å². The zero-order chi connectivity index (χ0) is 15.6. The van der Waals surface area contributed by atoms with E-state index >= 15 is 0 Å². The van der Waals surface area contributed by atoms with E-state index in [1.54, 1.807) is 13.8 Å². The fraction of sp³-hybridized carbons (Fsp3) is 0.833. The minimum absolute atomic E-state index is 0.127. The summed E-state index contributed by atoms with van der Waals surface area (Å²) in [4.78, 5) is 25.6. The smallest absolute Gasteiger partial charge is 0.347 e. The number of piperazine rings is 1. The van der Waals surface area contributed by atoms with E-state index in [0.29, 0.717) is 0 Å². The zero-order valence-electron chi connectivity index (χ0n) is 11.9. The van der Waals surface area contributed by atoms with Gasteiger partial charge < -0.3 is 10.2 Å².